The van der Waals surface area contributed by atoms with Crippen LogP contribution in [0.1, 0.15) is 76.0 Å². The lowest BCUT2D eigenvalue weighted by atomic mass is 9.91. The highest BCUT2D eigenvalue weighted by atomic mass is 19.2. The van der Waals surface area contributed by atoms with E-state index >= 15 is 0 Å². The molecule has 2 unspecified atom stereocenters. The van der Waals surface area contributed by atoms with Gasteiger partial charge in [-0.25, -0.2) is 13.2 Å². The second-order valence-corrected chi connectivity index (χ2v) is 9.72. The second-order valence-electron chi connectivity index (χ2n) is 9.72. The number of ether oxygens (including phenoxy) is 1. The molecule has 1 heterocycles. The van der Waals surface area contributed by atoms with E-state index in [-0.39, 0.29) is 17.5 Å². The number of unbranched alkanes of at least 4 members (excludes halogenated alkanes) is 2. The zero-order valence-corrected chi connectivity index (χ0v) is 20.8. The highest BCUT2D eigenvalue weighted by Gasteiger charge is 2.24. The molecule has 0 amide bonds. The third kappa shape index (κ3) is 5.98. The van der Waals surface area contributed by atoms with Gasteiger partial charge in [-0.2, -0.15) is 0 Å². The van der Waals surface area contributed by atoms with Crippen LogP contribution in [0.5, 0.6) is 0 Å². The summed E-state index contributed by atoms with van der Waals surface area (Å²) in [6, 6.07) is 15.8. The number of hydrogen-bond acceptors (Lipinski definition) is 1. The fourth-order valence-electron chi connectivity index (χ4n) is 5.07. The minimum absolute atomic E-state index is 0.192. The van der Waals surface area contributed by atoms with Crippen molar-refractivity contribution in [2.45, 2.75) is 71.3 Å². The topological polar surface area (TPSA) is 9.23 Å². The molecule has 2 atom stereocenters. The van der Waals surface area contributed by atoms with E-state index in [1.165, 1.54) is 6.07 Å². The largest absolute Gasteiger partial charge is 0.373 e. The first kappa shape index (κ1) is 25.5. The Bertz CT molecular complexity index is 1110. The van der Waals surface area contributed by atoms with Gasteiger partial charge in [-0.15, -0.1) is 0 Å². The van der Waals surface area contributed by atoms with E-state index < -0.39 is 11.6 Å². The van der Waals surface area contributed by atoms with Crippen LogP contribution in [0.15, 0.2) is 54.6 Å². The fourth-order valence-corrected chi connectivity index (χ4v) is 5.07. The van der Waals surface area contributed by atoms with Crippen LogP contribution >= 0.6 is 0 Å². The van der Waals surface area contributed by atoms with E-state index in [1.807, 2.05) is 24.3 Å². The van der Waals surface area contributed by atoms with Crippen LogP contribution in [-0.4, -0.2) is 6.61 Å². The molecular weight excluding hydrogens is 445 g/mol. The van der Waals surface area contributed by atoms with E-state index in [0.29, 0.717) is 35.6 Å². The van der Waals surface area contributed by atoms with Gasteiger partial charge in [0.2, 0.25) is 0 Å². The molecule has 0 N–H and O–H groups in total. The molecule has 0 saturated carbocycles. The smallest absolute Gasteiger partial charge is 0.166 e. The molecule has 186 valence electrons. The molecule has 0 spiro atoms. The van der Waals surface area contributed by atoms with Crippen molar-refractivity contribution in [3.05, 3.63) is 83.2 Å². The number of rotatable bonds is 9. The van der Waals surface area contributed by atoms with E-state index in [4.69, 9.17) is 4.74 Å². The van der Waals surface area contributed by atoms with Crippen molar-refractivity contribution in [3.63, 3.8) is 0 Å². The van der Waals surface area contributed by atoms with Gasteiger partial charge in [0.1, 0.15) is 5.82 Å². The fraction of sp³-hybridized carbons (Fsp3) is 0.419. The number of hydrogen-bond donors (Lipinski definition) is 0. The monoisotopic (exact) mass is 480 g/mol. The Morgan fingerprint density at radius 1 is 0.771 bits per heavy atom. The Kier molecular flexibility index (Phi) is 8.67. The molecule has 0 aromatic heterocycles. The Hall–Kier alpha value is -2.59. The first-order chi connectivity index (χ1) is 17.0. The summed E-state index contributed by atoms with van der Waals surface area (Å²) >= 11 is 0. The van der Waals surface area contributed by atoms with E-state index in [2.05, 4.69) is 13.8 Å². The summed E-state index contributed by atoms with van der Waals surface area (Å²) in [6.45, 7) is 4.95. The normalized spacial score (nSPS) is 18.1. The molecule has 1 nitrogen and oxygen atoms in total. The van der Waals surface area contributed by atoms with Gasteiger partial charge < -0.3 is 4.74 Å². The summed E-state index contributed by atoms with van der Waals surface area (Å²) in [5, 5.41) is 0. The molecule has 3 aromatic carbocycles. The summed E-state index contributed by atoms with van der Waals surface area (Å²) in [5.41, 5.74) is 3.44. The predicted octanol–water partition coefficient (Wildman–Crippen LogP) is 9.44. The zero-order valence-electron chi connectivity index (χ0n) is 20.8. The first-order valence-electron chi connectivity index (χ1n) is 13.0. The van der Waals surface area contributed by atoms with Crippen LogP contribution in [0, 0.1) is 23.4 Å². The van der Waals surface area contributed by atoms with Crippen LogP contribution in [0.4, 0.5) is 13.2 Å². The van der Waals surface area contributed by atoms with Crippen molar-refractivity contribution in [1.82, 2.24) is 0 Å². The minimum atomic E-state index is -0.809. The first-order valence-corrected chi connectivity index (χ1v) is 13.0. The molecule has 0 aliphatic carbocycles. The van der Waals surface area contributed by atoms with Crippen molar-refractivity contribution in [3.8, 4) is 22.3 Å². The lowest BCUT2D eigenvalue weighted by molar-refractivity contribution is -0.0211. The minimum Gasteiger partial charge on any atom is -0.373 e. The lowest BCUT2D eigenvalue weighted by Crippen LogP contribution is -2.21. The molecule has 1 saturated heterocycles. The molecule has 4 heteroatoms. The van der Waals surface area contributed by atoms with Crippen molar-refractivity contribution < 1.29 is 17.9 Å². The van der Waals surface area contributed by atoms with Gasteiger partial charge >= 0.3 is 0 Å². The predicted molar refractivity (Wildman–Crippen MR) is 137 cm³/mol. The SMILES string of the molecule is CCCCCc1ccc(-c2ccc(-c3ccc(C4CCC(CCC)CO4)c(F)c3)cc2)c(F)c1F. The number of halogens is 3. The molecular formula is C31H35F3O. The Balaban J connectivity index is 1.47. The molecule has 1 aliphatic heterocycles. The van der Waals surface area contributed by atoms with E-state index in [0.717, 1.165) is 56.1 Å². The van der Waals surface area contributed by atoms with Crippen LogP contribution in [0.3, 0.4) is 0 Å². The Morgan fingerprint density at radius 2 is 1.51 bits per heavy atom. The summed E-state index contributed by atoms with van der Waals surface area (Å²) in [4.78, 5) is 0. The van der Waals surface area contributed by atoms with Crippen molar-refractivity contribution in [1.29, 1.82) is 0 Å². The van der Waals surface area contributed by atoms with Crippen LogP contribution in [-0.2, 0) is 11.2 Å². The molecule has 1 aliphatic rings. The molecule has 0 radical (unpaired) electrons. The maximum Gasteiger partial charge on any atom is 0.166 e. The van der Waals surface area contributed by atoms with Crippen LogP contribution < -0.4 is 0 Å². The zero-order chi connectivity index (χ0) is 24.8. The van der Waals surface area contributed by atoms with Gasteiger partial charge in [-0.05, 0) is 66.3 Å². The maximum absolute atomic E-state index is 15.0. The second kappa shape index (κ2) is 11.9. The average molecular weight is 481 g/mol. The summed E-state index contributed by atoms with van der Waals surface area (Å²) < 4.78 is 50.3. The van der Waals surface area contributed by atoms with E-state index in [1.54, 1.807) is 24.3 Å². The third-order valence-corrected chi connectivity index (χ3v) is 7.16. The van der Waals surface area contributed by atoms with Gasteiger partial charge in [-0.3, -0.25) is 0 Å². The van der Waals surface area contributed by atoms with Gasteiger partial charge in [0.15, 0.2) is 11.6 Å². The van der Waals surface area contributed by atoms with Gasteiger partial charge in [0.05, 0.1) is 12.7 Å². The highest BCUT2D eigenvalue weighted by Crippen LogP contribution is 2.35. The lowest BCUT2D eigenvalue weighted by Gasteiger charge is -2.29. The number of aryl methyl sites for hydroxylation is 1. The average Bonchev–Trinajstić information content (AvgIpc) is 2.88. The third-order valence-electron chi connectivity index (χ3n) is 7.16. The molecule has 4 rings (SSSR count). The molecule has 3 aromatic rings. The number of benzene rings is 3. The van der Waals surface area contributed by atoms with Crippen molar-refractivity contribution in [2.24, 2.45) is 5.92 Å². The van der Waals surface area contributed by atoms with Crippen LogP contribution in [0.25, 0.3) is 22.3 Å². The van der Waals surface area contributed by atoms with Crippen molar-refractivity contribution in [2.75, 3.05) is 6.61 Å². The highest BCUT2D eigenvalue weighted by molar-refractivity contribution is 5.71. The molecule has 0 bridgehead atoms. The van der Waals surface area contributed by atoms with Gasteiger partial charge in [0, 0.05) is 11.1 Å². The summed E-state index contributed by atoms with van der Waals surface area (Å²) in [5.74, 6) is -1.26. The van der Waals surface area contributed by atoms with E-state index in [9.17, 15) is 13.2 Å². The Labute approximate surface area is 207 Å². The summed E-state index contributed by atoms with van der Waals surface area (Å²) in [7, 11) is 0. The van der Waals surface area contributed by atoms with Crippen molar-refractivity contribution >= 4 is 0 Å². The van der Waals surface area contributed by atoms with Gasteiger partial charge in [-0.1, -0.05) is 81.6 Å². The molecule has 1 fully saturated rings. The summed E-state index contributed by atoms with van der Waals surface area (Å²) in [6.07, 6.45) is 7.45. The standard InChI is InChI=1S/C31H35F3O/c1-3-5-6-8-24-14-16-26(31(34)30(24)33)23-12-10-22(11-13-23)25-15-17-27(28(32)19-25)29-18-9-21(7-4-2)20-35-29/h10-17,19,21,29H,3-9,18,20H2,1-2H3. The molecule has 35 heavy (non-hydrogen) atoms. The Morgan fingerprint density at radius 3 is 2.17 bits per heavy atom. The quantitative estimate of drug-likeness (QED) is 0.277. The van der Waals surface area contributed by atoms with Crippen LogP contribution in [0.2, 0.25) is 0 Å². The van der Waals surface area contributed by atoms with Gasteiger partial charge in [0.25, 0.3) is 0 Å². The maximum atomic E-state index is 15.0.